The van der Waals surface area contributed by atoms with Crippen molar-refractivity contribution in [3.63, 3.8) is 0 Å². The van der Waals surface area contributed by atoms with Crippen LogP contribution in [0.4, 0.5) is 0 Å². The standard InChI is InChI=1S/C22H23N5OS/c1-25-7-2-3-16(11-25)12-26-13-18(10-23-22(26)28)17-4-5-21-20(9-17)24-15-27(21)19-6-8-29-14-19/h4-6,8-10,13-16H,2-3,7,11-12H2,1H3. The molecule has 1 aliphatic rings. The van der Waals surface area contributed by atoms with Gasteiger partial charge in [0, 0.05) is 36.4 Å². The first kappa shape index (κ1) is 18.3. The minimum absolute atomic E-state index is 0.176. The molecule has 0 saturated carbocycles. The zero-order valence-corrected chi connectivity index (χ0v) is 17.2. The average molecular weight is 406 g/mol. The van der Waals surface area contributed by atoms with Crippen molar-refractivity contribution < 1.29 is 0 Å². The van der Waals surface area contributed by atoms with Crippen molar-refractivity contribution >= 4 is 22.4 Å². The van der Waals surface area contributed by atoms with Crippen molar-refractivity contribution in [2.24, 2.45) is 5.92 Å². The van der Waals surface area contributed by atoms with E-state index in [2.05, 4.69) is 61.5 Å². The van der Waals surface area contributed by atoms with Crippen LogP contribution in [0.15, 0.2) is 58.5 Å². The van der Waals surface area contributed by atoms with E-state index in [0.717, 1.165) is 53.9 Å². The Morgan fingerprint density at radius 3 is 2.97 bits per heavy atom. The third-order valence-electron chi connectivity index (χ3n) is 5.70. The van der Waals surface area contributed by atoms with Crippen LogP contribution in [0.1, 0.15) is 12.8 Å². The van der Waals surface area contributed by atoms with E-state index in [9.17, 15) is 4.79 Å². The summed E-state index contributed by atoms with van der Waals surface area (Å²) in [5.41, 5.74) is 4.91. The van der Waals surface area contributed by atoms with E-state index in [-0.39, 0.29) is 5.69 Å². The highest BCUT2D eigenvalue weighted by molar-refractivity contribution is 7.08. The Hall–Kier alpha value is -2.77. The summed E-state index contributed by atoms with van der Waals surface area (Å²) in [6.45, 7) is 2.89. The molecule has 4 heterocycles. The Morgan fingerprint density at radius 1 is 1.21 bits per heavy atom. The third kappa shape index (κ3) is 3.63. The van der Waals surface area contributed by atoms with Crippen LogP contribution in [-0.4, -0.2) is 44.1 Å². The van der Waals surface area contributed by atoms with Gasteiger partial charge in [-0.2, -0.15) is 11.3 Å². The maximum Gasteiger partial charge on any atom is 0.347 e. The van der Waals surface area contributed by atoms with E-state index in [1.807, 2.05) is 12.5 Å². The van der Waals surface area contributed by atoms with Gasteiger partial charge in [0.2, 0.25) is 0 Å². The second-order valence-corrected chi connectivity index (χ2v) is 8.63. The lowest BCUT2D eigenvalue weighted by molar-refractivity contribution is 0.193. The first-order valence-corrected chi connectivity index (χ1v) is 10.9. The van der Waals surface area contributed by atoms with Crippen molar-refractivity contribution in [3.8, 4) is 16.8 Å². The first-order chi connectivity index (χ1) is 14.2. The van der Waals surface area contributed by atoms with Gasteiger partial charge in [0.25, 0.3) is 0 Å². The van der Waals surface area contributed by atoms with Crippen LogP contribution in [0.5, 0.6) is 0 Å². The van der Waals surface area contributed by atoms with Crippen molar-refractivity contribution in [2.75, 3.05) is 20.1 Å². The van der Waals surface area contributed by atoms with Crippen LogP contribution in [0.2, 0.25) is 0 Å². The van der Waals surface area contributed by atoms with Gasteiger partial charge in [-0.15, -0.1) is 0 Å². The van der Waals surface area contributed by atoms with Crippen LogP contribution in [-0.2, 0) is 6.54 Å². The van der Waals surface area contributed by atoms with Crippen LogP contribution in [0.3, 0.4) is 0 Å². The Balaban J connectivity index is 1.46. The number of likely N-dealkylation sites (tertiary alicyclic amines) is 1. The van der Waals surface area contributed by atoms with Crippen molar-refractivity contribution in [1.82, 2.24) is 24.0 Å². The number of piperidine rings is 1. The molecule has 0 N–H and O–H groups in total. The van der Waals surface area contributed by atoms with Crippen molar-refractivity contribution in [3.05, 3.63) is 64.2 Å². The normalized spacial score (nSPS) is 17.8. The molecular formula is C22H23N5OS. The summed E-state index contributed by atoms with van der Waals surface area (Å²) >= 11 is 1.67. The summed E-state index contributed by atoms with van der Waals surface area (Å²) < 4.78 is 3.86. The molecule has 3 aromatic heterocycles. The number of benzene rings is 1. The number of aromatic nitrogens is 4. The van der Waals surface area contributed by atoms with Crippen LogP contribution < -0.4 is 5.69 Å². The van der Waals surface area contributed by atoms with Gasteiger partial charge >= 0.3 is 5.69 Å². The summed E-state index contributed by atoms with van der Waals surface area (Å²) in [6.07, 6.45) is 7.82. The maximum atomic E-state index is 12.3. The summed E-state index contributed by atoms with van der Waals surface area (Å²) in [5, 5.41) is 4.17. The van der Waals surface area contributed by atoms with Crippen molar-refractivity contribution in [2.45, 2.75) is 19.4 Å². The third-order valence-corrected chi connectivity index (χ3v) is 6.37. The van der Waals surface area contributed by atoms with Gasteiger partial charge in [-0.25, -0.2) is 14.8 Å². The quantitative estimate of drug-likeness (QED) is 0.520. The Morgan fingerprint density at radius 2 is 2.14 bits per heavy atom. The molecule has 1 aromatic carbocycles. The molecule has 1 atom stereocenters. The zero-order valence-electron chi connectivity index (χ0n) is 16.4. The lowest BCUT2D eigenvalue weighted by atomic mass is 9.98. The number of rotatable bonds is 4. The summed E-state index contributed by atoms with van der Waals surface area (Å²) in [5.74, 6) is 0.493. The monoisotopic (exact) mass is 405 g/mol. The van der Waals surface area contributed by atoms with Gasteiger partial charge in [-0.3, -0.25) is 9.13 Å². The lowest BCUT2D eigenvalue weighted by Gasteiger charge is -2.29. The molecule has 4 aromatic rings. The molecule has 0 aliphatic carbocycles. The zero-order chi connectivity index (χ0) is 19.8. The number of imidazole rings is 1. The minimum Gasteiger partial charge on any atom is -0.306 e. The van der Waals surface area contributed by atoms with E-state index >= 15 is 0 Å². The SMILES string of the molecule is CN1CCCC(Cn2cc(-c3ccc4c(c3)ncn4-c3ccsc3)cnc2=O)C1. The Labute approximate surface area is 173 Å². The highest BCUT2D eigenvalue weighted by Crippen LogP contribution is 2.26. The van der Waals surface area contributed by atoms with E-state index in [0.29, 0.717) is 5.92 Å². The summed E-state index contributed by atoms with van der Waals surface area (Å²) in [4.78, 5) is 23.4. The average Bonchev–Trinajstić information content (AvgIpc) is 3.38. The van der Waals surface area contributed by atoms with Gasteiger partial charge in [0.1, 0.15) is 6.33 Å². The first-order valence-electron chi connectivity index (χ1n) is 9.92. The smallest absolute Gasteiger partial charge is 0.306 e. The molecular weight excluding hydrogens is 382 g/mol. The molecule has 1 fully saturated rings. The van der Waals surface area contributed by atoms with Crippen LogP contribution in [0.25, 0.3) is 27.8 Å². The molecule has 29 heavy (non-hydrogen) atoms. The van der Waals surface area contributed by atoms with Gasteiger partial charge < -0.3 is 4.90 Å². The molecule has 1 unspecified atom stereocenters. The fourth-order valence-corrected chi connectivity index (χ4v) is 4.86. The van der Waals surface area contributed by atoms with E-state index in [4.69, 9.17) is 0 Å². The fourth-order valence-electron chi connectivity index (χ4n) is 4.23. The molecule has 0 radical (unpaired) electrons. The molecule has 7 heteroatoms. The molecule has 1 aliphatic heterocycles. The Kier molecular flexibility index (Phi) is 4.77. The number of nitrogens with zero attached hydrogens (tertiary/aromatic N) is 5. The molecule has 0 bridgehead atoms. The number of hydrogen-bond acceptors (Lipinski definition) is 5. The number of thiophene rings is 1. The largest absolute Gasteiger partial charge is 0.347 e. The summed E-state index contributed by atoms with van der Waals surface area (Å²) in [6, 6.07) is 8.31. The number of fused-ring (bicyclic) bond motifs is 1. The topological polar surface area (TPSA) is 56.0 Å². The molecule has 0 spiro atoms. The second kappa shape index (κ2) is 7.57. The molecule has 0 amide bonds. The minimum atomic E-state index is -0.176. The Bertz CT molecular complexity index is 1190. The van der Waals surface area contributed by atoms with Crippen molar-refractivity contribution in [1.29, 1.82) is 0 Å². The van der Waals surface area contributed by atoms with E-state index in [1.54, 1.807) is 22.1 Å². The predicted molar refractivity (Wildman–Crippen MR) is 117 cm³/mol. The summed E-state index contributed by atoms with van der Waals surface area (Å²) in [7, 11) is 2.15. The molecule has 148 valence electrons. The van der Waals surface area contributed by atoms with Gasteiger partial charge in [0.05, 0.1) is 16.7 Å². The highest BCUT2D eigenvalue weighted by atomic mass is 32.1. The molecule has 5 rings (SSSR count). The second-order valence-electron chi connectivity index (χ2n) is 7.85. The number of hydrogen-bond donors (Lipinski definition) is 0. The molecule has 6 nitrogen and oxygen atoms in total. The van der Waals surface area contributed by atoms with Crippen LogP contribution in [0, 0.1) is 5.92 Å². The molecule has 1 saturated heterocycles. The van der Waals surface area contributed by atoms with E-state index < -0.39 is 0 Å². The predicted octanol–water partition coefficient (Wildman–Crippen LogP) is 3.65. The van der Waals surface area contributed by atoms with Crippen LogP contribution >= 0.6 is 11.3 Å². The van der Waals surface area contributed by atoms with Gasteiger partial charge in [0.15, 0.2) is 0 Å². The van der Waals surface area contributed by atoms with Gasteiger partial charge in [-0.1, -0.05) is 6.07 Å². The highest BCUT2D eigenvalue weighted by Gasteiger charge is 2.18. The maximum absolute atomic E-state index is 12.3. The lowest BCUT2D eigenvalue weighted by Crippen LogP contribution is -2.36. The van der Waals surface area contributed by atoms with E-state index in [1.165, 1.54) is 6.42 Å². The fraction of sp³-hybridized carbons (Fsp3) is 0.318. The van der Waals surface area contributed by atoms with Gasteiger partial charge in [-0.05, 0) is 61.5 Å².